The summed E-state index contributed by atoms with van der Waals surface area (Å²) < 4.78 is 11.4. The predicted molar refractivity (Wildman–Crippen MR) is 100 cm³/mol. The first-order valence-corrected chi connectivity index (χ1v) is 9.69. The predicted octanol–water partition coefficient (Wildman–Crippen LogP) is 1.80. The molecule has 0 saturated carbocycles. The lowest BCUT2D eigenvalue weighted by Crippen LogP contribution is -2.54. The Kier molecular flexibility index (Phi) is 5.70. The Morgan fingerprint density at radius 2 is 1.93 bits per heavy atom. The highest BCUT2D eigenvalue weighted by molar-refractivity contribution is 6.18. The van der Waals surface area contributed by atoms with Crippen molar-refractivity contribution in [3.63, 3.8) is 0 Å². The quantitative estimate of drug-likeness (QED) is 0.669. The number of ether oxygens (including phenoxy) is 2. The highest BCUT2D eigenvalue weighted by Gasteiger charge is 2.51. The van der Waals surface area contributed by atoms with Gasteiger partial charge in [0.1, 0.15) is 18.3 Å². The number of halogens is 1. The number of rotatable bonds is 4. The van der Waals surface area contributed by atoms with Crippen molar-refractivity contribution in [3.05, 3.63) is 33.9 Å². The van der Waals surface area contributed by atoms with Crippen molar-refractivity contribution in [2.45, 2.75) is 64.8 Å². The van der Waals surface area contributed by atoms with E-state index in [0.717, 1.165) is 22.3 Å². The molecule has 1 fully saturated rings. The molecule has 5 atom stereocenters. The number of alkyl halides is 1. The fourth-order valence-electron chi connectivity index (χ4n) is 4.15. The van der Waals surface area contributed by atoms with Crippen molar-refractivity contribution < 1.29 is 29.6 Å². The summed E-state index contributed by atoms with van der Waals surface area (Å²) in [5, 5.41) is 29.8. The van der Waals surface area contributed by atoms with Crippen molar-refractivity contribution >= 4 is 17.4 Å². The number of aryl methyl sites for hydroxylation is 1. The molecular weight excluding hydrogens is 372 g/mol. The molecule has 0 radical (unpaired) electrons. The molecule has 1 aliphatic carbocycles. The molecule has 3 rings (SSSR count). The molecule has 0 spiro atoms. The maximum Gasteiger partial charge on any atom is 0.186 e. The van der Waals surface area contributed by atoms with Crippen LogP contribution in [0.2, 0.25) is 0 Å². The fraction of sp³-hybridized carbons (Fsp3) is 0.650. The summed E-state index contributed by atoms with van der Waals surface area (Å²) in [6, 6.07) is 1.95. The number of fused-ring (bicyclic) bond motifs is 1. The van der Waals surface area contributed by atoms with Crippen LogP contribution in [-0.2, 0) is 15.9 Å². The van der Waals surface area contributed by atoms with Crippen molar-refractivity contribution in [1.29, 1.82) is 0 Å². The van der Waals surface area contributed by atoms with Crippen molar-refractivity contribution in [2.24, 2.45) is 5.41 Å². The van der Waals surface area contributed by atoms with Gasteiger partial charge in [-0.15, -0.1) is 11.6 Å². The third-order valence-electron chi connectivity index (χ3n) is 5.78. The maximum atomic E-state index is 13.2. The van der Waals surface area contributed by atoms with E-state index in [0.29, 0.717) is 17.9 Å². The minimum atomic E-state index is -1.40. The standard InChI is InChI=1S/C20H27ClO6/c1-9-7-12-14(10(2)11(9)5-6-21)17(25)20(3,4)18(12)27-19-16(24)15(23)13(22)8-26-19/h7,13,15-16,18-19,22-24H,5-6,8H2,1-4H3/t13-,15-,16+,18-,19+/m1/s1. The zero-order valence-electron chi connectivity index (χ0n) is 16.0. The van der Waals surface area contributed by atoms with Crippen LogP contribution in [0.3, 0.4) is 0 Å². The number of benzene rings is 1. The Labute approximate surface area is 164 Å². The van der Waals surface area contributed by atoms with E-state index in [2.05, 4.69) is 0 Å². The Morgan fingerprint density at radius 3 is 2.56 bits per heavy atom. The number of aliphatic hydroxyl groups excluding tert-OH is 3. The molecule has 1 aliphatic heterocycles. The molecule has 1 aromatic carbocycles. The molecule has 1 aromatic rings. The van der Waals surface area contributed by atoms with Crippen molar-refractivity contribution in [1.82, 2.24) is 0 Å². The fourth-order valence-corrected chi connectivity index (χ4v) is 4.34. The van der Waals surface area contributed by atoms with Gasteiger partial charge < -0.3 is 24.8 Å². The highest BCUT2D eigenvalue weighted by Crippen LogP contribution is 2.50. The number of hydrogen-bond donors (Lipinski definition) is 3. The van der Waals surface area contributed by atoms with Crippen LogP contribution in [-0.4, -0.2) is 58.2 Å². The van der Waals surface area contributed by atoms with Crippen LogP contribution in [0, 0.1) is 19.3 Å². The Bertz CT molecular complexity index is 746. The molecular formula is C20H27ClO6. The van der Waals surface area contributed by atoms with Gasteiger partial charge in [0.15, 0.2) is 12.1 Å². The minimum absolute atomic E-state index is 0.0262. The molecule has 27 heavy (non-hydrogen) atoms. The van der Waals surface area contributed by atoms with Gasteiger partial charge in [0.05, 0.1) is 18.1 Å². The van der Waals surface area contributed by atoms with Crippen LogP contribution < -0.4 is 0 Å². The molecule has 3 N–H and O–H groups in total. The van der Waals surface area contributed by atoms with Gasteiger partial charge in [0, 0.05) is 11.4 Å². The van der Waals surface area contributed by atoms with E-state index < -0.39 is 36.1 Å². The second-order valence-electron chi connectivity index (χ2n) is 8.02. The number of aliphatic hydroxyl groups is 3. The van der Waals surface area contributed by atoms with E-state index in [1.165, 1.54) is 0 Å². The molecule has 1 heterocycles. The molecule has 1 saturated heterocycles. The third-order valence-corrected chi connectivity index (χ3v) is 5.97. The lowest BCUT2D eigenvalue weighted by Gasteiger charge is -2.38. The van der Waals surface area contributed by atoms with Crippen LogP contribution in [0.25, 0.3) is 0 Å². The zero-order chi connectivity index (χ0) is 20.1. The third kappa shape index (κ3) is 3.33. The van der Waals surface area contributed by atoms with Crippen LogP contribution in [0.5, 0.6) is 0 Å². The number of ketones is 1. The smallest absolute Gasteiger partial charge is 0.186 e. The number of carbonyl (C=O) groups excluding carboxylic acids is 1. The van der Waals surface area contributed by atoms with Crippen molar-refractivity contribution in [3.8, 4) is 0 Å². The van der Waals surface area contributed by atoms with E-state index in [4.69, 9.17) is 21.1 Å². The summed E-state index contributed by atoms with van der Waals surface area (Å²) in [6.45, 7) is 7.36. The summed E-state index contributed by atoms with van der Waals surface area (Å²) in [5.74, 6) is 0.446. The van der Waals surface area contributed by atoms with Gasteiger partial charge in [0.2, 0.25) is 0 Å². The molecule has 150 valence electrons. The van der Waals surface area contributed by atoms with E-state index >= 15 is 0 Å². The normalized spacial score (nSPS) is 32.6. The van der Waals surface area contributed by atoms with E-state index in [1.54, 1.807) is 13.8 Å². The summed E-state index contributed by atoms with van der Waals surface area (Å²) in [7, 11) is 0. The van der Waals surface area contributed by atoms with Crippen LogP contribution >= 0.6 is 11.6 Å². The number of carbonyl (C=O) groups is 1. The SMILES string of the molecule is Cc1cc2c(c(C)c1CCCl)C(=O)C(C)(C)[C@@H]2O[C@@H]1OC[C@@H](O)[C@@H](O)[C@@H]1O. The Morgan fingerprint density at radius 1 is 1.26 bits per heavy atom. The first-order chi connectivity index (χ1) is 12.6. The first-order valence-electron chi connectivity index (χ1n) is 9.16. The summed E-state index contributed by atoms with van der Waals surface area (Å²) in [5.41, 5.74) is 3.56. The minimum Gasteiger partial charge on any atom is -0.388 e. The monoisotopic (exact) mass is 398 g/mol. The van der Waals surface area contributed by atoms with Gasteiger partial charge in [-0.3, -0.25) is 4.79 Å². The second-order valence-corrected chi connectivity index (χ2v) is 8.40. The average Bonchev–Trinajstić information content (AvgIpc) is 2.79. The van der Waals surface area contributed by atoms with Crippen molar-refractivity contribution in [2.75, 3.05) is 12.5 Å². The lowest BCUT2D eigenvalue weighted by atomic mass is 9.86. The van der Waals surface area contributed by atoms with Crippen LogP contribution in [0.4, 0.5) is 0 Å². The number of Topliss-reactive ketones (excluding diaryl/α,β-unsaturated/α-hetero) is 1. The average molecular weight is 399 g/mol. The van der Waals surface area contributed by atoms with Crippen LogP contribution in [0.1, 0.15) is 52.6 Å². The second kappa shape index (κ2) is 7.43. The summed E-state index contributed by atoms with van der Waals surface area (Å²) in [4.78, 5) is 13.2. The van der Waals surface area contributed by atoms with E-state index in [9.17, 15) is 20.1 Å². The Hall–Kier alpha value is -1.02. The maximum absolute atomic E-state index is 13.2. The molecule has 6 nitrogen and oxygen atoms in total. The molecule has 0 unspecified atom stereocenters. The highest BCUT2D eigenvalue weighted by atomic mass is 35.5. The molecule has 0 amide bonds. The largest absolute Gasteiger partial charge is 0.388 e. The molecule has 7 heteroatoms. The Balaban J connectivity index is 2.00. The van der Waals surface area contributed by atoms with Gasteiger partial charge in [0.25, 0.3) is 0 Å². The molecule has 2 aliphatic rings. The lowest BCUT2D eigenvalue weighted by molar-refractivity contribution is -0.290. The van der Waals surface area contributed by atoms with E-state index in [1.807, 2.05) is 19.9 Å². The van der Waals surface area contributed by atoms with Gasteiger partial charge in [-0.25, -0.2) is 0 Å². The molecule has 0 bridgehead atoms. The summed E-state index contributed by atoms with van der Waals surface area (Å²) in [6.07, 6.45) is -5.02. The van der Waals surface area contributed by atoms with Gasteiger partial charge in [-0.2, -0.15) is 0 Å². The number of hydrogen-bond acceptors (Lipinski definition) is 6. The van der Waals surface area contributed by atoms with Gasteiger partial charge in [-0.05, 0) is 56.4 Å². The van der Waals surface area contributed by atoms with Crippen LogP contribution in [0.15, 0.2) is 6.07 Å². The van der Waals surface area contributed by atoms with Gasteiger partial charge >= 0.3 is 0 Å². The summed E-state index contributed by atoms with van der Waals surface area (Å²) >= 11 is 5.92. The van der Waals surface area contributed by atoms with Gasteiger partial charge in [-0.1, -0.05) is 6.07 Å². The topological polar surface area (TPSA) is 96.2 Å². The molecule has 0 aromatic heterocycles. The first kappa shape index (κ1) is 20.7. The zero-order valence-corrected chi connectivity index (χ0v) is 16.8. The van der Waals surface area contributed by atoms with E-state index in [-0.39, 0.29) is 12.4 Å².